The molecule has 122 valence electrons. The van der Waals surface area contributed by atoms with E-state index in [1.54, 1.807) is 51.2 Å². The predicted molar refractivity (Wildman–Crippen MR) is 88.9 cm³/mol. The third kappa shape index (κ3) is 5.10. The lowest BCUT2D eigenvalue weighted by Crippen LogP contribution is -2.27. The van der Waals surface area contributed by atoms with Gasteiger partial charge in [0.05, 0.1) is 7.11 Å². The van der Waals surface area contributed by atoms with E-state index in [9.17, 15) is 4.79 Å². The van der Waals surface area contributed by atoms with Crippen LogP contribution in [-0.2, 0) is 4.74 Å². The molecule has 2 heterocycles. The Kier molecular flexibility index (Phi) is 5.05. The number of halogens is 1. The summed E-state index contributed by atoms with van der Waals surface area (Å²) in [5.74, 6) is 0.683. The van der Waals surface area contributed by atoms with Gasteiger partial charge in [-0.2, -0.15) is 4.98 Å². The van der Waals surface area contributed by atoms with Crippen LogP contribution >= 0.6 is 11.6 Å². The fraction of sp³-hybridized carbons (Fsp3) is 0.312. The van der Waals surface area contributed by atoms with Gasteiger partial charge in [0.15, 0.2) is 0 Å². The van der Waals surface area contributed by atoms with Gasteiger partial charge in [-0.25, -0.2) is 9.78 Å². The molecule has 0 aliphatic rings. The first-order valence-electron chi connectivity index (χ1n) is 6.95. The van der Waals surface area contributed by atoms with Gasteiger partial charge in [0.2, 0.25) is 5.88 Å². The molecule has 23 heavy (non-hydrogen) atoms. The van der Waals surface area contributed by atoms with Gasteiger partial charge in [-0.05, 0) is 50.1 Å². The van der Waals surface area contributed by atoms with Crippen molar-refractivity contribution in [2.24, 2.45) is 0 Å². The number of hydrogen-bond acceptors (Lipinski definition) is 5. The van der Waals surface area contributed by atoms with Crippen molar-refractivity contribution in [2.75, 3.05) is 12.4 Å². The lowest BCUT2D eigenvalue weighted by atomic mass is 10.1. The lowest BCUT2D eigenvalue weighted by molar-refractivity contribution is 0.0635. The monoisotopic (exact) mass is 335 g/mol. The molecule has 2 aromatic rings. The molecule has 1 N–H and O–H groups in total. The minimum atomic E-state index is -0.593. The minimum Gasteiger partial charge on any atom is -0.481 e. The maximum absolute atomic E-state index is 11.9. The third-order valence-corrected chi connectivity index (χ3v) is 2.91. The second-order valence-corrected chi connectivity index (χ2v) is 6.16. The summed E-state index contributed by atoms with van der Waals surface area (Å²) in [4.78, 5) is 20.0. The van der Waals surface area contributed by atoms with E-state index >= 15 is 0 Å². The van der Waals surface area contributed by atoms with E-state index in [1.807, 2.05) is 0 Å². The topological polar surface area (TPSA) is 73.3 Å². The molecule has 0 aliphatic carbocycles. The number of pyridine rings is 2. The van der Waals surface area contributed by atoms with E-state index in [2.05, 4.69) is 15.3 Å². The summed E-state index contributed by atoms with van der Waals surface area (Å²) >= 11 is 5.92. The van der Waals surface area contributed by atoms with Crippen LogP contribution in [0, 0.1) is 0 Å². The Hall–Kier alpha value is -2.34. The smallest absolute Gasteiger partial charge is 0.413 e. The molecule has 0 aliphatic heterocycles. The standard InChI is InChI=1S/C16H18ClN3O3/c1-16(2,3)23-15(21)20-13-8-11(9-14(19-13)22-4)10-5-6-18-12(17)7-10/h5-9H,1-4H3,(H,19,20,21). The number of anilines is 1. The van der Waals surface area contributed by atoms with Crippen molar-refractivity contribution < 1.29 is 14.3 Å². The fourth-order valence-corrected chi connectivity index (χ4v) is 2.00. The van der Waals surface area contributed by atoms with Crippen LogP contribution in [0.25, 0.3) is 11.1 Å². The van der Waals surface area contributed by atoms with E-state index in [0.29, 0.717) is 16.9 Å². The van der Waals surface area contributed by atoms with Gasteiger partial charge in [-0.3, -0.25) is 5.32 Å². The second kappa shape index (κ2) is 6.83. The van der Waals surface area contributed by atoms with Crippen LogP contribution in [0.15, 0.2) is 30.5 Å². The Bertz CT molecular complexity index is 714. The number of nitrogens with zero attached hydrogens (tertiary/aromatic N) is 2. The van der Waals surface area contributed by atoms with Gasteiger partial charge >= 0.3 is 6.09 Å². The molecule has 0 fully saturated rings. The van der Waals surface area contributed by atoms with Crippen molar-refractivity contribution >= 4 is 23.5 Å². The van der Waals surface area contributed by atoms with Gasteiger partial charge < -0.3 is 9.47 Å². The normalized spacial score (nSPS) is 11.0. The Morgan fingerprint density at radius 3 is 2.57 bits per heavy atom. The number of rotatable bonds is 3. The van der Waals surface area contributed by atoms with Gasteiger partial charge in [-0.15, -0.1) is 0 Å². The number of hydrogen-bond donors (Lipinski definition) is 1. The molecule has 0 atom stereocenters. The average Bonchev–Trinajstić information content (AvgIpc) is 2.44. The first-order chi connectivity index (χ1) is 10.8. The zero-order chi connectivity index (χ0) is 17.0. The van der Waals surface area contributed by atoms with Gasteiger partial charge in [0.25, 0.3) is 0 Å². The Morgan fingerprint density at radius 2 is 1.96 bits per heavy atom. The lowest BCUT2D eigenvalue weighted by Gasteiger charge is -2.19. The quantitative estimate of drug-likeness (QED) is 0.853. The van der Waals surface area contributed by atoms with Gasteiger partial charge in [0.1, 0.15) is 16.6 Å². The number of carbonyl (C=O) groups is 1. The van der Waals surface area contributed by atoms with Crippen molar-refractivity contribution in [2.45, 2.75) is 26.4 Å². The van der Waals surface area contributed by atoms with Gasteiger partial charge in [0, 0.05) is 12.3 Å². The molecule has 0 radical (unpaired) electrons. The molecule has 2 aromatic heterocycles. The van der Waals surface area contributed by atoms with E-state index in [1.165, 1.54) is 7.11 Å². The molecule has 0 saturated heterocycles. The highest BCUT2D eigenvalue weighted by Gasteiger charge is 2.17. The highest BCUT2D eigenvalue weighted by Crippen LogP contribution is 2.27. The first-order valence-corrected chi connectivity index (χ1v) is 7.32. The van der Waals surface area contributed by atoms with Crippen molar-refractivity contribution in [1.29, 1.82) is 0 Å². The SMILES string of the molecule is COc1cc(-c2ccnc(Cl)c2)cc(NC(=O)OC(C)(C)C)n1. The summed E-state index contributed by atoms with van der Waals surface area (Å²) in [6.07, 6.45) is 1.02. The van der Waals surface area contributed by atoms with E-state index in [-0.39, 0.29) is 0 Å². The van der Waals surface area contributed by atoms with Crippen LogP contribution in [0.2, 0.25) is 5.15 Å². The molecule has 7 heteroatoms. The molecule has 6 nitrogen and oxygen atoms in total. The van der Waals surface area contributed by atoms with Gasteiger partial charge in [-0.1, -0.05) is 11.6 Å². The Balaban J connectivity index is 2.31. The summed E-state index contributed by atoms with van der Waals surface area (Å²) < 4.78 is 10.4. The number of carbonyl (C=O) groups excluding carboxylic acids is 1. The highest BCUT2D eigenvalue weighted by molar-refractivity contribution is 6.29. The molecule has 0 bridgehead atoms. The fourth-order valence-electron chi connectivity index (χ4n) is 1.83. The molecule has 0 spiro atoms. The maximum atomic E-state index is 11.9. The average molecular weight is 336 g/mol. The van der Waals surface area contributed by atoms with Crippen molar-refractivity contribution in [1.82, 2.24) is 9.97 Å². The van der Waals surface area contributed by atoms with E-state index in [0.717, 1.165) is 11.1 Å². The van der Waals surface area contributed by atoms with Crippen molar-refractivity contribution in [3.8, 4) is 17.0 Å². The van der Waals surface area contributed by atoms with Crippen LogP contribution in [-0.4, -0.2) is 28.8 Å². The number of aromatic nitrogens is 2. The van der Waals surface area contributed by atoms with Crippen LogP contribution in [0.4, 0.5) is 10.6 Å². The largest absolute Gasteiger partial charge is 0.481 e. The van der Waals surface area contributed by atoms with E-state index in [4.69, 9.17) is 21.1 Å². The number of amides is 1. The predicted octanol–water partition coefficient (Wildman–Crippen LogP) is 4.15. The highest BCUT2D eigenvalue weighted by atomic mass is 35.5. The minimum absolute atomic E-state index is 0.321. The third-order valence-electron chi connectivity index (χ3n) is 2.70. The number of methoxy groups -OCH3 is 1. The molecule has 0 saturated carbocycles. The zero-order valence-corrected chi connectivity index (χ0v) is 14.1. The molecular formula is C16H18ClN3O3. The summed E-state index contributed by atoms with van der Waals surface area (Å²) in [6.45, 7) is 5.36. The Morgan fingerprint density at radius 1 is 1.22 bits per heavy atom. The van der Waals surface area contributed by atoms with Crippen LogP contribution in [0.5, 0.6) is 5.88 Å². The summed E-state index contributed by atoms with van der Waals surface area (Å²) in [5.41, 5.74) is 1.02. The maximum Gasteiger partial charge on any atom is 0.413 e. The first kappa shape index (κ1) is 17.0. The second-order valence-electron chi connectivity index (χ2n) is 5.78. The van der Waals surface area contributed by atoms with Crippen molar-refractivity contribution in [3.05, 3.63) is 35.6 Å². The molecular weight excluding hydrogens is 318 g/mol. The molecule has 2 rings (SSSR count). The zero-order valence-electron chi connectivity index (χ0n) is 13.4. The molecule has 0 unspecified atom stereocenters. The van der Waals surface area contributed by atoms with Crippen LogP contribution in [0.1, 0.15) is 20.8 Å². The summed E-state index contributed by atoms with van der Waals surface area (Å²) in [6, 6.07) is 6.97. The summed E-state index contributed by atoms with van der Waals surface area (Å²) in [7, 11) is 1.50. The molecule has 0 aromatic carbocycles. The van der Waals surface area contributed by atoms with Crippen molar-refractivity contribution in [3.63, 3.8) is 0 Å². The van der Waals surface area contributed by atoms with E-state index < -0.39 is 11.7 Å². The van der Waals surface area contributed by atoms with Crippen LogP contribution < -0.4 is 10.1 Å². The number of ether oxygens (including phenoxy) is 2. The summed E-state index contributed by atoms with van der Waals surface area (Å²) in [5, 5.41) is 2.97. The number of nitrogens with one attached hydrogen (secondary N) is 1. The van der Waals surface area contributed by atoms with Crippen LogP contribution in [0.3, 0.4) is 0 Å². The molecule has 1 amide bonds. The Labute approximate surface area is 139 Å².